The van der Waals surface area contributed by atoms with Crippen LogP contribution in [0.2, 0.25) is 0 Å². The molecule has 0 atom stereocenters. The van der Waals surface area contributed by atoms with Gasteiger partial charge in [0.1, 0.15) is 0 Å². The summed E-state index contributed by atoms with van der Waals surface area (Å²) in [6, 6.07) is 6.69. The summed E-state index contributed by atoms with van der Waals surface area (Å²) in [7, 11) is 0. The van der Waals surface area contributed by atoms with E-state index in [0.717, 1.165) is 12.0 Å². The summed E-state index contributed by atoms with van der Waals surface area (Å²) in [5, 5.41) is 2.88. The van der Waals surface area contributed by atoms with Gasteiger partial charge >= 0.3 is 6.03 Å². The molecule has 0 bridgehead atoms. The summed E-state index contributed by atoms with van der Waals surface area (Å²) in [4.78, 5) is 39.1. The van der Waals surface area contributed by atoms with Gasteiger partial charge < -0.3 is 20.9 Å². The van der Waals surface area contributed by atoms with Gasteiger partial charge in [-0.25, -0.2) is 4.79 Å². The number of primary amides is 1. The predicted octanol–water partition coefficient (Wildman–Crippen LogP) is 1.19. The van der Waals surface area contributed by atoms with Gasteiger partial charge in [0.2, 0.25) is 11.8 Å². The van der Waals surface area contributed by atoms with Gasteiger partial charge in [-0.2, -0.15) is 0 Å². The number of rotatable bonds is 4. The van der Waals surface area contributed by atoms with Crippen LogP contribution in [-0.4, -0.2) is 53.8 Å². The maximum atomic E-state index is 12.3. The molecule has 1 aromatic carbocycles. The van der Waals surface area contributed by atoms with Crippen molar-refractivity contribution >= 4 is 17.8 Å². The first-order chi connectivity index (χ1) is 11.9. The van der Waals surface area contributed by atoms with Crippen molar-refractivity contribution < 1.29 is 14.4 Å². The Kier molecular flexibility index (Phi) is 6.38. The van der Waals surface area contributed by atoms with Crippen molar-refractivity contribution in [2.75, 3.05) is 26.2 Å². The average molecular weight is 346 g/mol. The zero-order valence-corrected chi connectivity index (χ0v) is 14.8. The Balaban J connectivity index is 1.84. The molecule has 0 radical (unpaired) electrons. The molecule has 1 heterocycles. The molecule has 1 aliphatic heterocycles. The third-order valence-electron chi connectivity index (χ3n) is 4.27. The molecule has 136 valence electrons. The molecular formula is C18H26N4O3. The Morgan fingerprint density at radius 3 is 2.24 bits per heavy atom. The van der Waals surface area contributed by atoms with E-state index in [1.165, 1.54) is 0 Å². The van der Waals surface area contributed by atoms with Crippen molar-refractivity contribution in [3.8, 4) is 0 Å². The predicted molar refractivity (Wildman–Crippen MR) is 94.8 cm³/mol. The van der Waals surface area contributed by atoms with Crippen molar-refractivity contribution in [1.82, 2.24) is 15.1 Å². The number of amides is 4. The second-order valence-electron chi connectivity index (χ2n) is 6.54. The summed E-state index contributed by atoms with van der Waals surface area (Å²) >= 11 is 0. The molecule has 25 heavy (non-hydrogen) atoms. The largest absolute Gasteiger partial charge is 0.366 e. The minimum atomic E-state index is -0.472. The van der Waals surface area contributed by atoms with E-state index in [9.17, 15) is 14.4 Å². The molecule has 1 aliphatic rings. The van der Waals surface area contributed by atoms with Crippen LogP contribution in [0.15, 0.2) is 24.3 Å². The number of carbonyl (C=O) groups excluding carboxylic acids is 3. The van der Waals surface area contributed by atoms with Gasteiger partial charge in [-0.15, -0.1) is 0 Å². The first-order valence-electron chi connectivity index (χ1n) is 8.59. The van der Waals surface area contributed by atoms with E-state index in [-0.39, 0.29) is 17.9 Å². The van der Waals surface area contributed by atoms with Crippen LogP contribution in [0.3, 0.4) is 0 Å². The Morgan fingerprint density at radius 2 is 1.64 bits per heavy atom. The van der Waals surface area contributed by atoms with E-state index >= 15 is 0 Å². The van der Waals surface area contributed by atoms with Gasteiger partial charge in [-0.05, 0) is 24.1 Å². The molecule has 0 aromatic heterocycles. The molecule has 7 nitrogen and oxygen atoms in total. The van der Waals surface area contributed by atoms with Gasteiger partial charge in [-0.3, -0.25) is 9.59 Å². The zero-order valence-electron chi connectivity index (χ0n) is 14.8. The molecule has 1 fully saturated rings. The van der Waals surface area contributed by atoms with Crippen molar-refractivity contribution in [2.45, 2.75) is 26.8 Å². The second-order valence-corrected chi connectivity index (χ2v) is 6.54. The van der Waals surface area contributed by atoms with Gasteiger partial charge in [0, 0.05) is 44.2 Å². The van der Waals surface area contributed by atoms with Crippen molar-refractivity contribution in [2.24, 2.45) is 11.7 Å². The lowest BCUT2D eigenvalue weighted by atomic mass is 10.1. The SMILES string of the molecule is CC(C)C(=O)N1CCCN(C(=O)NCc2ccc(C(N)=O)cc2)CC1. The summed E-state index contributed by atoms with van der Waals surface area (Å²) in [6.45, 7) is 6.58. The molecule has 0 saturated carbocycles. The van der Waals surface area contributed by atoms with Crippen LogP contribution < -0.4 is 11.1 Å². The van der Waals surface area contributed by atoms with Crippen LogP contribution in [-0.2, 0) is 11.3 Å². The number of nitrogens with two attached hydrogens (primary N) is 1. The fourth-order valence-corrected chi connectivity index (χ4v) is 2.78. The number of urea groups is 1. The van der Waals surface area contributed by atoms with E-state index in [1.807, 2.05) is 18.7 Å². The highest BCUT2D eigenvalue weighted by Crippen LogP contribution is 2.09. The molecule has 7 heteroatoms. The van der Waals surface area contributed by atoms with Crippen LogP contribution in [0.25, 0.3) is 0 Å². The van der Waals surface area contributed by atoms with Crippen LogP contribution in [0.4, 0.5) is 4.79 Å². The fourth-order valence-electron chi connectivity index (χ4n) is 2.78. The first-order valence-corrected chi connectivity index (χ1v) is 8.59. The quantitative estimate of drug-likeness (QED) is 0.857. The van der Waals surface area contributed by atoms with E-state index in [0.29, 0.717) is 38.3 Å². The lowest BCUT2D eigenvalue weighted by Gasteiger charge is -2.23. The first kappa shape index (κ1) is 18.8. The average Bonchev–Trinajstić information content (AvgIpc) is 2.85. The maximum Gasteiger partial charge on any atom is 0.317 e. The minimum absolute atomic E-state index is 0.0243. The smallest absolute Gasteiger partial charge is 0.317 e. The van der Waals surface area contributed by atoms with Crippen LogP contribution >= 0.6 is 0 Å². The van der Waals surface area contributed by atoms with Crippen LogP contribution in [0, 0.1) is 5.92 Å². The molecule has 0 spiro atoms. The summed E-state index contributed by atoms with van der Waals surface area (Å²) in [6.07, 6.45) is 0.777. The summed E-state index contributed by atoms with van der Waals surface area (Å²) in [5.41, 5.74) is 6.54. The summed E-state index contributed by atoms with van der Waals surface area (Å²) in [5.74, 6) is -0.360. The molecule has 3 N–H and O–H groups in total. The highest BCUT2D eigenvalue weighted by atomic mass is 16.2. The van der Waals surface area contributed by atoms with E-state index in [4.69, 9.17) is 5.73 Å². The third kappa shape index (κ3) is 5.20. The van der Waals surface area contributed by atoms with Crippen LogP contribution in [0.5, 0.6) is 0 Å². The number of nitrogens with one attached hydrogen (secondary N) is 1. The lowest BCUT2D eigenvalue weighted by Crippen LogP contribution is -2.42. The number of carbonyl (C=O) groups is 3. The highest BCUT2D eigenvalue weighted by molar-refractivity contribution is 5.92. The van der Waals surface area contributed by atoms with Crippen LogP contribution in [0.1, 0.15) is 36.2 Å². The molecule has 4 amide bonds. The van der Waals surface area contributed by atoms with Gasteiger partial charge in [0.15, 0.2) is 0 Å². The lowest BCUT2D eigenvalue weighted by molar-refractivity contribution is -0.134. The van der Waals surface area contributed by atoms with E-state index in [1.54, 1.807) is 29.2 Å². The van der Waals surface area contributed by atoms with Gasteiger partial charge in [-0.1, -0.05) is 26.0 Å². The zero-order chi connectivity index (χ0) is 18.4. The van der Waals surface area contributed by atoms with E-state index < -0.39 is 5.91 Å². The van der Waals surface area contributed by atoms with Crippen molar-refractivity contribution in [1.29, 1.82) is 0 Å². The van der Waals surface area contributed by atoms with Gasteiger partial charge in [0.05, 0.1) is 0 Å². The molecular weight excluding hydrogens is 320 g/mol. The molecule has 0 aliphatic carbocycles. The van der Waals surface area contributed by atoms with Crippen molar-refractivity contribution in [3.63, 3.8) is 0 Å². The number of nitrogens with zero attached hydrogens (tertiary/aromatic N) is 2. The molecule has 1 aromatic rings. The van der Waals surface area contributed by atoms with Gasteiger partial charge in [0.25, 0.3) is 0 Å². The Morgan fingerprint density at radius 1 is 1.04 bits per heavy atom. The minimum Gasteiger partial charge on any atom is -0.366 e. The fraction of sp³-hybridized carbons (Fsp3) is 0.500. The monoisotopic (exact) mass is 346 g/mol. The third-order valence-corrected chi connectivity index (χ3v) is 4.27. The normalized spacial score (nSPS) is 15.0. The number of hydrogen-bond donors (Lipinski definition) is 2. The number of benzene rings is 1. The molecule has 0 unspecified atom stereocenters. The standard InChI is InChI=1S/C18H26N4O3/c1-13(2)17(24)21-8-3-9-22(11-10-21)18(25)20-12-14-4-6-15(7-5-14)16(19)23/h4-7,13H,3,8-12H2,1-2H3,(H2,19,23)(H,20,25). The second kappa shape index (κ2) is 8.50. The Hall–Kier alpha value is -2.57. The van der Waals surface area contributed by atoms with Crippen molar-refractivity contribution in [3.05, 3.63) is 35.4 Å². The summed E-state index contributed by atoms with van der Waals surface area (Å²) < 4.78 is 0. The molecule has 1 saturated heterocycles. The molecule has 2 rings (SSSR count). The highest BCUT2D eigenvalue weighted by Gasteiger charge is 2.23. The maximum absolute atomic E-state index is 12.3. The number of hydrogen-bond acceptors (Lipinski definition) is 3. The Labute approximate surface area is 148 Å². The topological polar surface area (TPSA) is 95.7 Å². The Bertz CT molecular complexity index is 628. The van der Waals surface area contributed by atoms with E-state index in [2.05, 4.69) is 5.32 Å².